The van der Waals surface area contributed by atoms with E-state index in [4.69, 9.17) is 5.73 Å². The molecular weight excluding hydrogens is 145 g/mol. The Kier molecular flexibility index (Phi) is 2.59. The van der Waals surface area contributed by atoms with Crippen LogP contribution in [-0.4, -0.2) is 16.0 Å². The van der Waals surface area contributed by atoms with E-state index >= 15 is 0 Å². The monoisotopic (exact) mass is 157 g/mol. The van der Waals surface area contributed by atoms with Crippen LogP contribution in [0.5, 0.6) is 0 Å². The van der Waals surface area contributed by atoms with Gasteiger partial charge < -0.3 is 10.7 Å². The lowest BCUT2D eigenvalue weighted by Gasteiger charge is -1.99. The zero-order valence-corrected chi connectivity index (χ0v) is 6.47. The molecule has 1 rings (SSSR count). The summed E-state index contributed by atoms with van der Waals surface area (Å²) in [6, 6.07) is 0.0635. The molecule has 1 heterocycles. The van der Waals surface area contributed by atoms with Crippen LogP contribution in [0, 0.1) is 0 Å². The fourth-order valence-corrected chi connectivity index (χ4v) is 0.882. The molecule has 0 aliphatic carbocycles. The molecule has 1 aromatic heterocycles. The molecule has 0 bridgehead atoms. The van der Waals surface area contributed by atoms with Gasteiger partial charge in [-0.1, -0.05) is 0 Å². The highest BCUT2D eigenvalue weighted by atomic mass is 19.1. The third-order valence-electron chi connectivity index (χ3n) is 1.34. The smallest absolute Gasteiger partial charge is 0.131 e. The number of rotatable bonds is 3. The van der Waals surface area contributed by atoms with Crippen LogP contribution in [0.4, 0.5) is 4.39 Å². The first-order valence-corrected chi connectivity index (χ1v) is 3.56. The number of aromatic amines is 1. The second-order valence-electron chi connectivity index (χ2n) is 2.67. The van der Waals surface area contributed by atoms with Crippen LogP contribution < -0.4 is 5.73 Å². The van der Waals surface area contributed by atoms with E-state index in [9.17, 15) is 4.39 Å². The van der Waals surface area contributed by atoms with Gasteiger partial charge in [-0.3, -0.25) is 0 Å². The van der Waals surface area contributed by atoms with Crippen LogP contribution >= 0.6 is 0 Å². The normalized spacial score (nSPS) is 13.4. The van der Waals surface area contributed by atoms with Crippen molar-refractivity contribution < 1.29 is 4.39 Å². The van der Waals surface area contributed by atoms with Crippen LogP contribution in [0.1, 0.15) is 18.4 Å². The van der Waals surface area contributed by atoms with Gasteiger partial charge in [-0.15, -0.1) is 0 Å². The lowest BCUT2D eigenvalue weighted by molar-refractivity contribution is 0.476. The lowest BCUT2D eigenvalue weighted by atomic mass is 10.2. The number of alkyl halides is 1. The number of nitrogens with zero attached hydrogens (tertiary/aromatic N) is 1. The predicted molar refractivity (Wildman–Crippen MR) is 40.8 cm³/mol. The number of hydrogen-bond donors (Lipinski definition) is 2. The van der Waals surface area contributed by atoms with Crippen molar-refractivity contribution in [2.24, 2.45) is 5.73 Å². The van der Waals surface area contributed by atoms with Crippen LogP contribution in [0.2, 0.25) is 0 Å². The second kappa shape index (κ2) is 3.48. The summed E-state index contributed by atoms with van der Waals surface area (Å²) in [5.41, 5.74) is 6.04. The third-order valence-corrected chi connectivity index (χ3v) is 1.34. The molecule has 3 nitrogen and oxygen atoms in total. The number of halogens is 1. The van der Waals surface area contributed by atoms with Gasteiger partial charge in [0, 0.05) is 12.5 Å². The molecule has 0 spiro atoms. The summed E-state index contributed by atoms with van der Waals surface area (Å²) in [5.74, 6) is 0.757. The fourth-order valence-electron chi connectivity index (χ4n) is 0.882. The summed E-state index contributed by atoms with van der Waals surface area (Å²) in [4.78, 5) is 6.78. The van der Waals surface area contributed by atoms with Crippen LogP contribution in [-0.2, 0) is 13.1 Å². The zero-order chi connectivity index (χ0) is 8.27. The molecular formula is C7H12FN3. The van der Waals surface area contributed by atoms with Crippen LogP contribution in [0.15, 0.2) is 6.20 Å². The number of nitrogens with two attached hydrogens (primary N) is 1. The average molecular weight is 157 g/mol. The molecule has 3 N–H and O–H groups in total. The Bertz CT molecular complexity index is 219. The quantitative estimate of drug-likeness (QED) is 0.680. The van der Waals surface area contributed by atoms with Crippen molar-refractivity contribution in [3.63, 3.8) is 0 Å². The Morgan fingerprint density at radius 1 is 1.82 bits per heavy atom. The number of H-pyrrole nitrogens is 1. The molecule has 0 fully saturated rings. The van der Waals surface area contributed by atoms with E-state index in [2.05, 4.69) is 9.97 Å². The summed E-state index contributed by atoms with van der Waals surface area (Å²) in [6.45, 7) is 1.39. The maximum absolute atomic E-state index is 12.0. The van der Waals surface area contributed by atoms with Crippen molar-refractivity contribution in [3.8, 4) is 0 Å². The Balaban J connectivity index is 2.58. The number of imidazole rings is 1. The van der Waals surface area contributed by atoms with Crippen molar-refractivity contribution in [2.45, 2.75) is 26.1 Å². The molecule has 0 saturated carbocycles. The fraction of sp³-hybridized carbons (Fsp3) is 0.571. The van der Waals surface area contributed by atoms with Gasteiger partial charge >= 0.3 is 0 Å². The van der Waals surface area contributed by atoms with E-state index in [1.165, 1.54) is 6.20 Å². The highest BCUT2D eigenvalue weighted by molar-refractivity contribution is 5.00. The molecule has 4 heteroatoms. The van der Waals surface area contributed by atoms with Gasteiger partial charge in [0.05, 0.1) is 11.9 Å². The minimum Gasteiger partial charge on any atom is -0.344 e. The molecule has 1 aromatic rings. The van der Waals surface area contributed by atoms with E-state index in [1.807, 2.05) is 6.92 Å². The first kappa shape index (κ1) is 8.20. The SMILES string of the molecule is CC(N)Cc1ncc(CF)[nH]1. The van der Waals surface area contributed by atoms with Gasteiger partial charge in [0.25, 0.3) is 0 Å². The molecule has 0 amide bonds. The molecule has 1 unspecified atom stereocenters. The predicted octanol–water partition coefficient (Wildman–Crippen LogP) is 0.769. The summed E-state index contributed by atoms with van der Waals surface area (Å²) >= 11 is 0. The molecule has 0 aromatic carbocycles. The van der Waals surface area contributed by atoms with Gasteiger partial charge in [0.2, 0.25) is 0 Å². The van der Waals surface area contributed by atoms with Crippen molar-refractivity contribution in [2.75, 3.05) is 0 Å². The van der Waals surface area contributed by atoms with Gasteiger partial charge in [-0.25, -0.2) is 9.37 Å². The third kappa shape index (κ3) is 2.31. The Hall–Kier alpha value is -0.900. The molecule has 0 aliphatic rings. The number of hydrogen-bond acceptors (Lipinski definition) is 2. The number of aromatic nitrogens is 2. The minimum atomic E-state index is -0.494. The molecule has 0 saturated heterocycles. The standard InChI is InChI=1S/C7H12FN3/c1-5(9)2-7-10-4-6(3-8)11-7/h4-5H,2-3,9H2,1H3,(H,10,11). The maximum Gasteiger partial charge on any atom is 0.131 e. The van der Waals surface area contributed by atoms with Crippen molar-refractivity contribution >= 4 is 0 Å². The molecule has 0 aliphatic heterocycles. The largest absolute Gasteiger partial charge is 0.344 e. The zero-order valence-electron chi connectivity index (χ0n) is 6.47. The second-order valence-corrected chi connectivity index (χ2v) is 2.67. The molecule has 62 valence electrons. The van der Waals surface area contributed by atoms with E-state index in [0.717, 1.165) is 5.82 Å². The first-order chi connectivity index (χ1) is 5.22. The van der Waals surface area contributed by atoms with E-state index in [-0.39, 0.29) is 6.04 Å². The van der Waals surface area contributed by atoms with E-state index in [1.54, 1.807) is 0 Å². The Morgan fingerprint density at radius 3 is 3.00 bits per heavy atom. The Labute approximate surface area is 64.8 Å². The summed E-state index contributed by atoms with van der Waals surface area (Å²) < 4.78 is 12.0. The van der Waals surface area contributed by atoms with Crippen molar-refractivity contribution in [1.82, 2.24) is 9.97 Å². The summed E-state index contributed by atoms with van der Waals surface area (Å²) in [5, 5.41) is 0. The van der Waals surface area contributed by atoms with E-state index < -0.39 is 6.67 Å². The van der Waals surface area contributed by atoms with Crippen molar-refractivity contribution in [3.05, 3.63) is 17.7 Å². The Morgan fingerprint density at radius 2 is 2.55 bits per heavy atom. The van der Waals surface area contributed by atoms with Crippen molar-refractivity contribution in [1.29, 1.82) is 0 Å². The topological polar surface area (TPSA) is 54.7 Å². The van der Waals surface area contributed by atoms with Gasteiger partial charge in [-0.05, 0) is 6.92 Å². The van der Waals surface area contributed by atoms with E-state index in [0.29, 0.717) is 12.1 Å². The highest BCUT2D eigenvalue weighted by Crippen LogP contribution is 2.00. The highest BCUT2D eigenvalue weighted by Gasteiger charge is 2.01. The molecule has 1 atom stereocenters. The maximum atomic E-state index is 12.0. The summed E-state index contributed by atoms with van der Waals surface area (Å²) in [7, 11) is 0. The average Bonchev–Trinajstić information content (AvgIpc) is 2.34. The first-order valence-electron chi connectivity index (χ1n) is 3.56. The van der Waals surface area contributed by atoms with Crippen LogP contribution in [0.3, 0.4) is 0 Å². The van der Waals surface area contributed by atoms with Gasteiger partial charge in [0.1, 0.15) is 12.5 Å². The lowest BCUT2D eigenvalue weighted by Crippen LogP contribution is -2.18. The summed E-state index contributed by atoms with van der Waals surface area (Å²) in [6.07, 6.45) is 2.16. The minimum absolute atomic E-state index is 0.0635. The number of nitrogens with one attached hydrogen (secondary N) is 1. The van der Waals surface area contributed by atoms with Crippen LogP contribution in [0.25, 0.3) is 0 Å². The van der Waals surface area contributed by atoms with Gasteiger partial charge in [0.15, 0.2) is 0 Å². The molecule has 11 heavy (non-hydrogen) atoms. The van der Waals surface area contributed by atoms with Gasteiger partial charge in [-0.2, -0.15) is 0 Å². The molecule has 0 radical (unpaired) electrons.